The molecule has 0 bridgehead atoms. The molecule has 0 fully saturated rings. The van der Waals surface area contributed by atoms with E-state index in [4.69, 9.17) is 21.4 Å². The number of amides is 1. The van der Waals surface area contributed by atoms with E-state index in [1.165, 1.54) is 7.11 Å². The number of rotatable bonds is 7. The van der Waals surface area contributed by atoms with Crippen LogP contribution in [0.5, 0.6) is 0 Å². The van der Waals surface area contributed by atoms with Crippen molar-refractivity contribution >= 4 is 23.5 Å². The molecule has 1 rings (SSSR count). The van der Waals surface area contributed by atoms with E-state index < -0.39 is 17.5 Å². The molecule has 5 nitrogen and oxygen atoms in total. The Balaban J connectivity index is 2.65. The van der Waals surface area contributed by atoms with Gasteiger partial charge < -0.3 is 15.2 Å². The molecule has 0 heterocycles. The predicted octanol–water partition coefficient (Wildman–Crippen LogP) is 2.12. The highest BCUT2D eigenvalue weighted by Gasteiger charge is 2.29. The molecule has 116 valence electrons. The van der Waals surface area contributed by atoms with Crippen LogP contribution in [-0.4, -0.2) is 36.7 Å². The molecular formula is C15H20ClNO4. The molecule has 1 aromatic carbocycles. The standard InChI is InChI=1S/C15H20ClNO4/c1-15(2,8-10-5-4-6-11(16)7-10)14(20)17-9-12(21-3)13(18)19/h4-7,12H,8-9H2,1-3H3,(H,17,20)(H,18,19). The van der Waals surface area contributed by atoms with E-state index in [1.807, 2.05) is 18.2 Å². The van der Waals surface area contributed by atoms with Gasteiger partial charge in [0.2, 0.25) is 5.91 Å². The van der Waals surface area contributed by atoms with Crippen molar-refractivity contribution in [2.45, 2.75) is 26.4 Å². The summed E-state index contributed by atoms with van der Waals surface area (Å²) < 4.78 is 4.78. The highest BCUT2D eigenvalue weighted by Crippen LogP contribution is 2.23. The molecular weight excluding hydrogens is 294 g/mol. The van der Waals surface area contributed by atoms with Crippen LogP contribution < -0.4 is 5.32 Å². The maximum absolute atomic E-state index is 12.2. The molecule has 0 aliphatic heterocycles. The topological polar surface area (TPSA) is 75.6 Å². The molecule has 0 spiro atoms. The van der Waals surface area contributed by atoms with Crippen molar-refractivity contribution in [1.82, 2.24) is 5.32 Å². The minimum absolute atomic E-state index is 0.0658. The molecule has 21 heavy (non-hydrogen) atoms. The van der Waals surface area contributed by atoms with Crippen LogP contribution >= 0.6 is 11.6 Å². The van der Waals surface area contributed by atoms with E-state index in [1.54, 1.807) is 19.9 Å². The van der Waals surface area contributed by atoms with E-state index >= 15 is 0 Å². The third-order valence-corrected chi connectivity index (χ3v) is 3.39. The van der Waals surface area contributed by atoms with Crippen molar-refractivity contribution in [3.05, 3.63) is 34.9 Å². The second-order valence-corrected chi connectivity index (χ2v) is 5.90. The van der Waals surface area contributed by atoms with Gasteiger partial charge in [0.25, 0.3) is 0 Å². The summed E-state index contributed by atoms with van der Waals surface area (Å²) in [6.45, 7) is 3.53. The van der Waals surface area contributed by atoms with Gasteiger partial charge in [-0.3, -0.25) is 4.79 Å². The molecule has 1 unspecified atom stereocenters. The van der Waals surface area contributed by atoms with Crippen molar-refractivity contribution in [3.63, 3.8) is 0 Å². The van der Waals surface area contributed by atoms with Gasteiger partial charge in [-0.2, -0.15) is 0 Å². The summed E-state index contributed by atoms with van der Waals surface area (Å²) in [5.74, 6) is -1.34. The number of halogens is 1. The molecule has 0 aliphatic carbocycles. The normalized spacial score (nSPS) is 12.8. The Hall–Kier alpha value is -1.59. The van der Waals surface area contributed by atoms with Gasteiger partial charge in [0, 0.05) is 17.5 Å². The van der Waals surface area contributed by atoms with Gasteiger partial charge >= 0.3 is 5.97 Å². The quantitative estimate of drug-likeness (QED) is 0.808. The molecule has 0 radical (unpaired) electrons. The largest absolute Gasteiger partial charge is 0.479 e. The van der Waals surface area contributed by atoms with Crippen LogP contribution in [0, 0.1) is 5.41 Å². The maximum Gasteiger partial charge on any atom is 0.334 e. The highest BCUT2D eigenvalue weighted by atomic mass is 35.5. The summed E-state index contributed by atoms with van der Waals surface area (Å²) in [4.78, 5) is 23.0. The number of hydrogen-bond acceptors (Lipinski definition) is 3. The first-order valence-electron chi connectivity index (χ1n) is 6.54. The number of carboxylic acid groups (broad SMARTS) is 1. The van der Waals surface area contributed by atoms with E-state index in [2.05, 4.69) is 5.32 Å². The van der Waals surface area contributed by atoms with Crippen LogP contribution in [0.3, 0.4) is 0 Å². The van der Waals surface area contributed by atoms with E-state index in [-0.39, 0.29) is 12.5 Å². The lowest BCUT2D eigenvalue weighted by Crippen LogP contribution is -2.44. The molecule has 0 saturated carbocycles. The predicted molar refractivity (Wildman–Crippen MR) is 80.4 cm³/mol. The maximum atomic E-state index is 12.2. The van der Waals surface area contributed by atoms with Crippen LogP contribution in [0.4, 0.5) is 0 Å². The van der Waals surface area contributed by atoms with Gasteiger partial charge in [-0.1, -0.05) is 37.6 Å². The lowest BCUT2D eigenvalue weighted by atomic mass is 9.85. The highest BCUT2D eigenvalue weighted by molar-refractivity contribution is 6.30. The first-order chi connectivity index (χ1) is 9.76. The van der Waals surface area contributed by atoms with Crippen LogP contribution in [0.25, 0.3) is 0 Å². The van der Waals surface area contributed by atoms with E-state index in [0.717, 1.165) is 5.56 Å². The zero-order valence-corrected chi connectivity index (χ0v) is 13.1. The third-order valence-electron chi connectivity index (χ3n) is 3.16. The number of carbonyl (C=O) groups is 2. The molecule has 0 saturated heterocycles. The first-order valence-corrected chi connectivity index (χ1v) is 6.92. The monoisotopic (exact) mass is 313 g/mol. The van der Waals surface area contributed by atoms with Crippen molar-refractivity contribution < 1.29 is 19.4 Å². The lowest BCUT2D eigenvalue weighted by molar-refractivity contribution is -0.148. The van der Waals surface area contributed by atoms with Crippen molar-refractivity contribution in [2.24, 2.45) is 5.41 Å². The number of carboxylic acids is 1. The summed E-state index contributed by atoms with van der Waals surface area (Å²) >= 11 is 5.93. The summed E-state index contributed by atoms with van der Waals surface area (Å²) in [6.07, 6.45) is -0.541. The number of benzene rings is 1. The van der Waals surface area contributed by atoms with Gasteiger partial charge in [-0.25, -0.2) is 4.79 Å². The first kappa shape index (κ1) is 17.5. The molecule has 1 atom stereocenters. The number of aliphatic carboxylic acids is 1. The summed E-state index contributed by atoms with van der Waals surface area (Å²) in [5.41, 5.74) is 0.269. The van der Waals surface area contributed by atoms with Gasteiger partial charge in [0.1, 0.15) is 0 Å². The number of nitrogens with one attached hydrogen (secondary N) is 1. The van der Waals surface area contributed by atoms with Gasteiger partial charge in [0.05, 0.1) is 6.54 Å². The van der Waals surface area contributed by atoms with E-state index in [9.17, 15) is 9.59 Å². The second-order valence-electron chi connectivity index (χ2n) is 5.46. The molecule has 1 aromatic rings. The number of ether oxygens (including phenoxy) is 1. The van der Waals surface area contributed by atoms with Crippen LogP contribution in [-0.2, 0) is 20.7 Å². The van der Waals surface area contributed by atoms with Gasteiger partial charge in [-0.15, -0.1) is 0 Å². The minimum Gasteiger partial charge on any atom is -0.479 e. The molecule has 6 heteroatoms. The number of carbonyl (C=O) groups excluding carboxylic acids is 1. The molecule has 0 aromatic heterocycles. The fourth-order valence-electron chi connectivity index (χ4n) is 1.93. The molecule has 1 amide bonds. The van der Waals surface area contributed by atoms with Crippen molar-refractivity contribution in [2.75, 3.05) is 13.7 Å². The van der Waals surface area contributed by atoms with Crippen LogP contribution in [0.1, 0.15) is 19.4 Å². The fourth-order valence-corrected chi connectivity index (χ4v) is 2.15. The van der Waals surface area contributed by atoms with Crippen LogP contribution in [0.15, 0.2) is 24.3 Å². The van der Waals surface area contributed by atoms with Gasteiger partial charge in [0.15, 0.2) is 6.10 Å². The molecule has 0 aliphatic rings. The zero-order chi connectivity index (χ0) is 16.0. The Bertz CT molecular complexity index is 516. The van der Waals surface area contributed by atoms with Crippen molar-refractivity contribution in [1.29, 1.82) is 0 Å². The summed E-state index contributed by atoms with van der Waals surface area (Å²) in [6, 6.07) is 7.31. The Morgan fingerprint density at radius 3 is 2.62 bits per heavy atom. The molecule has 2 N–H and O–H groups in total. The summed E-state index contributed by atoms with van der Waals surface area (Å²) in [5, 5.41) is 12.1. The van der Waals surface area contributed by atoms with Gasteiger partial charge in [-0.05, 0) is 24.1 Å². The van der Waals surface area contributed by atoms with Crippen LogP contribution in [0.2, 0.25) is 5.02 Å². The smallest absolute Gasteiger partial charge is 0.334 e. The third kappa shape index (κ3) is 5.36. The second kappa shape index (κ2) is 7.43. The Labute approximate surface area is 129 Å². The average molecular weight is 314 g/mol. The Morgan fingerprint density at radius 2 is 2.10 bits per heavy atom. The van der Waals surface area contributed by atoms with Crippen molar-refractivity contribution in [3.8, 4) is 0 Å². The lowest BCUT2D eigenvalue weighted by Gasteiger charge is -2.24. The van der Waals surface area contributed by atoms with E-state index in [0.29, 0.717) is 11.4 Å². The Morgan fingerprint density at radius 1 is 1.43 bits per heavy atom. The average Bonchev–Trinajstić information content (AvgIpc) is 2.38. The number of hydrogen-bond donors (Lipinski definition) is 2. The Kier molecular flexibility index (Phi) is 6.18. The SMILES string of the molecule is COC(CNC(=O)C(C)(C)Cc1cccc(Cl)c1)C(=O)O. The number of methoxy groups -OCH3 is 1. The zero-order valence-electron chi connectivity index (χ0n) is 12.4. The summed E-state index contributed by atoms with van der Waals surface area (Å²) in [7, 11) is 1.29. The minimum atomic E-state index is -1.11. The fraction of sp³-hybridized carbons (Fsp3) is 0.467.